The number of fused-ring (bicyclic) bond motifs is 3. The van der Waals surface area contributed by atoms with Crippen molar-refractivity contribution in [2.75, 3.05) is 65.3 Å². The quantitative estimate of drug-likeness (QED) is 0.0501. The molecule has 4 aliphatic heterocycles. The van der Waals surface area contributed by atoms with E-state index in [0.717, 1.165) is 79.9 Å². The number of halogens is 1. The van der Waals surface area contributed by atoms with Gasteiger partial charge in [0.05, 0.1) is 24.2 Å². The van der Waals surface area contributed by atoms with Crippen LogP contribution in [-0.2, 0) is 14.3 Å². The Morgan fingerprint density at radius 2 is 1.74 bits per heavy atom. The number of hydrogen-bond donors (Lipinski definition) is 7. The number of para-hydroxylation sites is 1. The average molecular weight is 895 g/mol. The van der Waals surface area contributed by atoms with Crippen molar-refractivity contribution < 1.29 is 28.6 Å². The molecule has 2 aromatic heterocycles. The largest absolute Gasteiger partial charge is 0.507 e. The van der Waals surface area contributed by atoms with Gasteiger partial charge < -0.3 is 57.3 Å². The van der Waals surface area contributed by atoms with Gasteiger partial charge in [0.15, 0.2) is 0 Å². The van der Waals surface area contributed by atoms with Crippen LogP contribution in [0.25, 0.3) is 16.7 Å². The molecule has 3 atom stereocenters. The first-order valence-corrected chi connectivity index (χ1v) is 22.8. The maximum Gasteiger partial charge on any atom is 0.207 e. The van der Waals surface area contributed by atoms with Crippen LogP contribution >= 0.6 is 0 Å². The zero-order valence-corrected chi connectivity index (χ0v) is 37.8. The molecular formula is C49H67FN10O5. The van der Waals surface area contributed by atoms with E-state index in [1.807, 2.05) is 30.3 Å². The SMILES string of the molecule is CN1CCC(F)(CN2C3CCCC2C3)CC1.CNc1cnc2[nH]cc(C3CC3)c2c1.NC(N)=C(/C=C(\N)c1ccccc1O)N1CCOC(c2ccc(C=O)cc2)C1.O=CCCNC=O. The van der Waals surface area contributed by atoms with Crippen molar-refractivity contribution in [3.05, 3.63) is 107 Å². The van der Waals surface area contributed by atoms with Crippen LogP contribution in [0.4, 0.5) is 10.1 Å². The average Bonchev–Trinajstić information content (AvgIpc) is 4.10. The van der Waals surface area contributed by atoms with Gasteiger partial charge in [0.1, 0.15) is 41.6 Å². The zero-order valence-electron chi connectivity index (χ0n) is 37.8. The molecule has 2 aromatic carbocycles. The molecule has 0 spiro atoms. The van der Waals surface area contributed by atoms with Crippen molar-refractivity contribution in [3.63, 3.8) is 0 Å². The van der Waals surface area contributed by atoms with Crippen LogP contribution in [0.2, 0.25) is 0 Å². The lowest BCUT2D eigenvalue weighted by molar-refractivity contribution is -0.110. The van der Waals surface area contributed by atoms with E-state index < -0.39 is 5.67 Å². The summed E-state index contributed by atoms with van der Waals surface area (Å²) in [5, 5.41) is 16.8. The van der Waals surface area contributed by atoms with Crippen LogP contribution in [0.1, 0.15) is 96.9 Å². The lowest BCUT2D eigenvalue weighted by atomic mass is 9.78. The van der Waals surface area contributed by atoms with Crippen molar-refractivity contribution in [2.24, 2.45) is 17.2 Å². The summed E-state index contributed by atoms with van der Waals surface area (Å²) in [7, 11) is 4.02. The monoisotopic (exact) mass is 895 g/mol. The molecule has 65 heavy (non-hydrogen) atoms. The smallest absolute Gasteiger partial charge is 0.207 e. The van der Waals surface area contributed by atoms with Gasteiger partial charge in [-0.1, -0.05) is 42.8 Å². The van der Waals surface area contributed by atoms with Gasteiger partial charge in [-0.25, -0.2) is 9.37 Å². The van der Waals surface area contributed by atoms with Crippen LogP contribution in [0.3, 0.4) is 0 Å². The number of piperidine rings is 2. The normalized spacial score (nSPS) is 21.4. The number of rotatable bonds is 13. The summed E-state index contributed by atoms with van der Waals surface area (Å²) >= 11 is 0. The van der Waals surface area contributed by atoms with E-state index in [0.29, 0.717) is 61.6 Å². The lowest BCUT2D eigenvalue weighted by Crippen LogP contribution is -2.62. The Kier molecular flexibility index (Phi) is 17.4. The van der Waals surface area contributed by atoms with Gasteiger partial charge in [-0.05, 0) is 93.3 Å². The summed E-state index contributed by atoms with van der Waals surface area (Å²) in [6.45, 7) is 4.64. The minimum atomic E-state index is -0.888. The number of phenolic OH excluding ortho intramolecular Hbond substituents is 1. The summed E-state index contributed by atoms with van der Waals surface area (Å²) in [5.41, 5.74) is 23.7. The number of pyridine rings is 1. The molecule has 0 radical (unpaired) electrons. The number of phenols is 1. The van der Waals surface area contributed by atoms with Crippen molar-refractivity contribution in [2.45, 2.75) is 87.6 Å². The van der Waals surface area contributed by atoms with Gasteiger partial charge in [-0.2, -0.15) is 0 Å². The van der Waals surface area contributed by atoms with E-state index in [1.165, 1.54) is 49.5 Å². The second kappa shape index (κ2) is 23.3. The summed E-state index contributed by atoms with van der Waals surface area (Å²) < 4.78 is 20.5. The molecule has 1 aliphatic carbocycles. The van der Waals surface area contributed by atoms with Crippen LogP contribution < -0.4 is 27.8 Å². The number of nitrogens with one attached hydrogen (secondary N) is 3. The number of hydrogen-bond acceptors (Lipinski definition) is 13. The number of nitrogens with two attached hydrogens (primary N) is 3. The van der Waals surface area contributed by atoms with Crippen LogP contribution in [0.15, 0.2) is 84.6 Å². The van der Waals surface area contributed by atoms with Crippen LogP contribution in [-0.4, -0.2) is 126 Å². The van der Waals surface area contributed by atoms with Crippen LogP contribution in [0, 0.1) is 0 Å². The minimum Gasteiger partial charge on any atom is -0.507 e. The van der Waals surface area contributed by atoms with Crippen molar-refractivity contribution in [1.29, 1.82) is 0 Å². The molecule has 16 heteroatoms. The summed E-state index contributed by atoms with van der Waals surface area (Å²) in [6.07, 6.45) is 17.4. The number of morpholine rings is 1. The van der Waals surface area contributed by atoms with Gasteiger partial charge in [-0.15, -0.1) is 0 Å². The predicted molar refractivity (Wildman–Crippen MR) is 253 cm³/mol. The number of allylic oxidation sites excluding steroid dienone is 1. The number of carbonyl (C=O) groups is 3. The first kappa shape index (κ1) is 48.5. The van der Waals surface area contributed by atoms with Crippen molar-refractivity contribution >= 4 is 41.4 Å². The molecule has 15 nitrogen and oxygen atoms in total. The third-order valence-electron chi connectivity index (χ3n) is 12.9. The highest BCUT2D eigenvalue weighted by Gasteiger charge is 2.46. The fraction of sp³-hybridized carbons (Fsp3) is 0.469. The summed E-state index contributed by atoms with van der Waals surface area (Å²) in [5.74, 6) is 0.995. The number of aromatic amines is 1. The number of aromatic hydroxyl groups is 1. The number of benzene rings is 2. The number of amides is 1. The highest BCUT2D eigenvalue weighted by atomic mass is 19.1. The maximum absolute atomic E-state index is 14.7. The third-order valence-corrected chi connectivity index (χ3v) is 12.9. The summed E-state index contributed by atoms with van der Waals surface area (Å²) in [4.78, 5) is 44.1. The highest BCUT2D eigenvalue weighted by Crippen LogP contribution is 2.43. The number of H-pyrrole nitrogens is 1. The Labute approximate surface area is 381 Å². The maximum atomic E-state index is 14.7. The first-order valence-electron chi connectivity index (χ1n) is 22.8. The molecular weight excluding hydrogens is 828 g/mol. The fourth-order valence-electron chi connectivity index (χ4n) is 8.92. The van der Waals surface area contributed by atoms with Gasteiger partial charge >= 0.3 is 0 Å². The fourth-order valence-corrected chi connectivity index (χ4v) is 8.92. The molecule has 4 saturated heterocycles. The molecule has 3 unspecified atom stereocenters. The van der Waals surface area contributed by atoms with Crippen molar-refractivity contribution in [3.8, 4) is 5.75 Å². The molecule has 10 N–H and O–H groups in total. The molecule has 350 valence electrons. The third kappa shape index (κ3) is 13.3. The van der Waals surface area contributed by atoms with E-state index in [2.05, 4.69) is 49.7 Å². The van der Waals surface area contributed by atoms with E-state index in [1.54, 1.807) is 42.5 Å². The second-order valence-corrected chi connectivity index (χ2v) is 17.6. The number of ether oxygens (including phenoxy) is 1. The molecule has 5 fully saturated rings. The Morgan fingerprint density at radius 3 is 2.35 bits per heavy atom. The van der Waals surface area contributed by atoms with Gasteiger partial charge in [0.25, 0.3) is 0 Å². The lowest BCUT2D eigenvalue weighted by Gasteiger charge is -2.55. The topological polar surface area (TPSA) is 221 Å². The number of aldehydes is 2. The minimum absolute atomic E-state index is 0.0846. The Hall–Kier alpha value is -5.97. The Balaban J connectivity index is 0.000000160. The molecule has 4 aromatic rings. The Bertz CT molecular complexity index is 2210. The van der Waals surface area contributed by atoms with E-state index >= 15 is 0 Å². The zero-order chi connectivity index (χ0) is 46.3. The molecule has 1 amide bonds. The highest BCUT2D eigenvalue weighted by molar-refractivity contribution is 5.83. The van der Waals surface area contributed by atoms with E-state index in [4.69, 9.17) is 21.9 Å². The van der Waals surface area contributed by atoms with Gasteiger partial charge in [-0.3, -0.25) is 14.5 Å². The Morgan fingerprint density at radius 1 is 1.02 bits per heavy atom. The second-order valence-electron chi connectivity index (χ2n) is 17.6. The van der Waals surface area contributed by atoms with E-state index in [-0.39, 0.29) is 17.7 Å². The molecule has 2 bridgehead atoms. The first-order chi connectivity index (χ1) is 31.4. The summed E-state index contributed by atoms with van der Waals surface area (Å²) in [6, 6.07) is 17.7. The molecule has 5 aliphatic rings. The van der Waals surface area contributed by atoms with Gasteiger partial charge in [0, 0.05) is 93.2 Å². The number of likely N-dealkylation sites (tertiary alicyclic amines) is 1. The number of anilines is 1. The molecule has 1 saturated carbocycles. The predicted octanol–water partition coefficient (Wildman–Crippen LogP) is 5.51. The number of alkyl halides is 1. The molecule has 9 rings (SSSR count). The standard InChI is InChI=1S/C21H24N4O3.C13H23FN2.C11H13N3.C4H7NO2/c22-17(16-3-1-2-4-19(16)27)11-18(21(23)24)25-9-10-28-20(12-25)15-7-5-14(13-26)6-8-15;1-15-7-5-13(14,6-8-15)10-16-11-3-2-4-12(16)9-11;1-12-8-4-9-10(7-2-3-7)6-14-11(9)13-5-8;6-3-1-2-5-4-7/h1-8,11,13,20,27H,9-10,12,22-24H2;11-12H,2-10H2,1H3;4-7,12H,2-3H2,1H3,(H,13,14);3-4H,1-2H2,(H,5,7)/b17-11-;;;. The van der Waals surface area contributed by atoms with Gasteiger partial charge in [0.2, 0.25) is 6.41 Å². The number of nitrogens with zero attached hydrogens (tertiary/aromatic N) is 4. The number of aromatic nitrogens is 2. The van der Waals surface area contributed by atoms with E-state index in [9.17, 15) is 23.9 Å². The van der Waals surface area contributed by atoms with Crippen LogP contribution in [0.5, 0.6) is 5.75 Å². The molecule has 6 heterocycles. The van der Waals surface area contributed by atoms with Crippen molar-refractivity contribution in [1.82, 2.24) is 30.0 Å². The number of carbonyl (C=O) groups excluding carboxylic acids is 3.